The molecule has 0 aliphatic carbocycles. The maximum absolute atomic E-state index is 12.7. The fourth-order valence-electron chi connectivity index (χ4n) is 4.13. The number of amidine groups is 1. The molecule has 4 aromatic rings. The average Bonchev–Trinajstić information content (AvgIpc) is 3.16. The van der Waals surface area contributed by atoms with E-state index in [2.05, 4.69) is 72.8 Å². The van der Waals surface area contributed by atoms with Gasteiger partial charge in [-0.2, -0.15) is 4.99 Å². The SMILES string of the molecule is CCn1c(-c2ccccc2-c2ccc(C)cc2C)nc2cc(C(=O)N=C(C)N(C)C)ccc21. The molecular weight excluding hydrogens is 408 g/mol. The summed E-state index contributed by atoms with van der Waals surface area (Å²) in [6.45, 7) is 8.98. The Labute approximate surface area is 195 Å². The van der Waals surface area contributed by atoms with Crippen molar-refractivity contribution in [1.29, 1.82) is 0 Å². The summed E-state index contributed by atoms with van der Waals surface area (Å²) >= 11 is 0. The molecule has 0 spiro atoms. The molecule has 0 radical (unpaired) electrons. The first-order valence-electron chi connectivity index (χ1n) is 11.2. The number of hydrogen-bond acceptors (Lipinski definition) is 2. The highest BCUT2D eigenvalue weighted by atomic mass is 16.1. The molecule has 0 saturated carbocycles. The smallest absolute Gasteiger partial charge is 0.278 e. The van der Waals surface area contributed by atoms with Crippen molar-refractivity contribution in [2.75, 3.05) is 14.1 Å². The molecule has 1 heterocycles. The summed E-state index contributed by atoms with van der Waals surface area (Å²) in [5, 5.41) is 0. The third kappa shape index (κ3) is 4.31. The van der Waals surface area contributed by atoms with Gasteiger partial charge >= 0.3 is 0 Å². The summed E-state index contributed by atoms with van der Waals surface area (Å²) in [4.78, 5) is 23.7. The van der Waals surface area contributed by atoms with Crippen LogP contribution in [0.4, 0.5) is 0 Å². The van der Waals surface area contributed by atoms with Crippen molar-refractivity contribution in [3.05, 3.63) is 77.4 Å². The number of nitrogens with zero attached hydrogens (tertiary/aromatic N) is 4. The second-order valence-electron chi connectivity index (χ2n) is 8.61. The highest BCUT2D eigenvalue weighted by Gasteiger charge is 2.18. The van der Waals surface area contributed by atoms with Gasteiger partial charge < -0.3 is 9.47 Å². The molecule has 1 amide bonds. The van der Waals surface area contributed by atoms with Gasteiger partial charge in [-0.1, -0.05) is 48.0 Å². The quantitative estimate of drug-likeness (QED) is 0.285. The fourth-order valence-corrected chi connectivity index (χ4v) is 4.13. The lowest BCUT2D eigenvalue weighted by Gasteiger charge is -2.14. The van der Waals surface area contributed by atoms with Crippen LogP contribution in [-0.4, -0.2) is 40.3 Å². The van der Waals surface area contributed by atoms with E-state index in [0.29, 0.717) is 11.4 Å². The Balaban J connectivity index is 1.86. The molecular formula is C28H30N4O. The van der Waals surface area contributed by atoms with Crippen molar-refractivity contribution in [2.45, 2.75) is 34.2 Å². The Kier molecular flexibility index (Phi) is 6.14. The molecule has 1 aromatic heterocycles. The van der Waals surface area contributed by atoms with Crippen LogP contribution in [0.25, 0.3) is 33.5 Å². The van der Waals surface area contributed by atoms with Crippen LogP contribution in [0, 0.1) is 13.8 Å². The van der Waals surface area contributed by atoms with Crippen molar-refractivity contribution >= 4 is 22.8 Å². The molecule has 3 aromatic carbocycles. The zero-order valence-corrected chi connectivity index (χ0v) is 20.2. The van der Waals surface area contributed by atoms with Gasteiger partial charge in [-0.15, -0.1) is 0 Å². The van der Waals surface area contributed by atoms with Crippen molar-refractivity contribution < 1.29 is 4.79 Å². The van der Waals surface area contributed by atoms with Crippen LogP contribution >= 0.6 is 0 Å². The summed E-state index contributed by atoms with van der Waals surface area (Å²) in [7, 11) is 3.75. The third-order valence-electron chi connectivity index (χ3n) is 6.06. The lowest BCUT2D eigenvalue weighted by Crippen LogP contribution is -2.19. The molecule has 0 atom stereocenters. The second kappa shape index (κ2) is 9.02. The fraction of sp³-hybridized carbons (Fsp3) is 0.250. The molecule has 0 saturated heterocycles. The Morgan fingerprint density at radius 1 is 0.970 bits per heavy atom. The van der Waals surface area contributed by atoms with E-state index in [1.54, 1.807) is 0 Å². The van der Waals surface area contributed by atoms with Crippen LogP contribution in [0.2, 0.25) is 0 Å². The Morgan fingerprint density at radius 2 is 1.70 bits per heavy atom. The number of benzene rings is 3. The van der Waals surface area contributed by atoms with Gasteiger partial charge in [0.25, 0.3) is 5.91 Å². The minimum atomic E-state index is -0.258. The van der Waals surface area contributed by atoms with Crippen molar-refractivity contribution in [3.8, 4) is 22.5 Å². The normalized spacial score (nSPS) is 11.8. The van der Waals surface area contributed by atoms with E-state index in [9.17, 15) is 4.79 Å². The maximum atomic E-state index is 12.7. The zero-order valence-electron chi connectivity index (χ0n) is 20.2. The molecule has 4 rings (SSSR count). The molecule has 0 fully saturated rings. The number of fused-ring (bicyclic) bond motifs is 1. The molecule has 0 aliphatic heterocycles. The highest BCUT2D eigenvalue weighted by Crippen LogP contribution is 2.35. The predicted molar refractivity (Wildman–Crippen MR) is 137 cm³/mol. The maximum Gasteiger partial charge on any atom is 0.278 e. The van der Waals surface area contributed by atoms with Gasteiger partial charge in [0.1, 0.15) is 11.7 Å². The van der Waals surface area contributed by atoms with Crippen LogP contribution in [-0.2, 0) is 6.54 Å². The van der Waals surface area contributed by atoms with Crippen molar-refractivity contribution in [3.63, 3.8) is 0 Å². The Morgan fingerprint density at radius 3 is 2.36 bits per heavy atom. The number of rotatable bonds is 4. The van der Waals surface area contributed by atoms with Crippen LogP contribution < -0.4 is 0 Å². The first-order chi connectivity index (χ1) is 15.8. The zero-order chi connectivity index (χ0) is 23.7. The summed E-state index contributed by atoms with van der Waals surface area (Å²) in [6.07, 6.45) is 0. The topological polar surface area (TPSA) is 50.5 Å². The van der Waals surface area contributed by atoms with Gasteiger partial charge in [0.05, 0.1) is 11.0 Å². The van der Waals surface area contributed by atoms with Gasteiger partial charge in [0.15, 0.2) is 0 Å². The predicted octanol–water partition coefficient (Wildman–Crippen LogP) is 6.13. The highest BCUT2D eigenvalue weighted by molar-refractivity contribution is 6.04. The Bertz CT molecular complexity index is 1380. The van der Waals surface area contributed by atoms with Crippen LogP contribution in [0.15, 0.2) is 65.7 Å². The standard InChI is InChI=1S/C28H30N4O/c1-7-32-26-15-13-21(28(33)29-20(4)31(5)6)17-25(26)30-27(32)24-11-9-8-10-23(24)22-14-12-18(2)16-19(22)3/h8-17H,7H2,1-6H3. The van der Waals surface area contributed by atoms with Crippen LogP contribution in [0.3, 0.4) is 0 Å². The van der Waals surface area contributed by atoms with Gasteiger partial charge in [-0.05, 0) is 62.6 Å². The summed E-state index contributed by atoms with van der Waals surface area (Å²) in [5.74, 6) is 1.31. The van der Waals surface area contributed by atoms with Gasteiger partial charge in [0.2, 0.25) is 0 Å². The van der Waals surface area contributed by atoms with Crippen molar-refractivity contribution in [1.82, 2.24) is 14.5 Å². The molecule has 5 nitrogen and oxygen atoms in total. The number of hydrogen-bond donors (Lipinski definition) is 0. The van der Waals surface area contributed by atoms with Gasteiger partial charge in [-0.25, -0.2) is 4.98 Å². The number of aliphatic imine (C=N–C) groups is 1. The van der Waals surface area contributed by atoms with Crippen molar-refractivity contribution in [2.24, 2.45) is 4.99 Å². The molecule has 5 heteroatoms. The lowest BCUT2D eigenvalue weighted by molar-refractivity contribution is 0.100. The average molecular weight is 439 g/mol. The monoisotopic (exact) mass is 438 g/mol. The largest absolute Gasteiger partial charge is 0.366 e. The van der Waals surface area contributed by atoms with E-state index in [0.717, 1.165) is 34.5 Å². The van der Waals surface area contributed by atoms with Gasteiger partial charge in [0, 0.05) is 31.8 Å². The van der Waals surface area contributed by atoms with E-state index in [1.807, 2.05) is 44.1 Å². The number of aromatic nitrogens is 2. The minimum absolute atomic E-state index is 0.258. The van der Waals surface area contributed by atoms with E-state index < -0.39 is 0 Å². The number of aryl methyl sites for hydroxylation is 3. The summed E-state index contributed by atoms with van der Waals surface area (Å²) < 4.78 is 2.21. The summed E-state index contributed by atoms with van der Waals surface area (Å²) in [6, 6.07) is 20.6. The van der Waals surface area contributed by atoms with E-state index in [1.165, 1.54) is 16.7 Å². The Hall–Kier alpha value is -3.73. The number of carbonyl (C=O) groups excluding carboxylic acids is 1. The first-order valence-corrected chi connectivity index (χ1v) is 11.2. The molecule has 0 N–H and O–H groups in total. The summed E-state index contributed by atoms with van der Waals surface area (Å²) in [5.41, 5.74) is 8.27. The number of carbonyl (C=O) groups is 1. The number of imidazole rings is 1. The lowest BCUT2D eigenvalue weighted by atomic mass is 9.94. The van der Waals surface area contributed by atoms with E-state index in [4.69, 9.17) is 4.98 Å². The second-order valence-corrected chi connectivity index (χ2v) is 8.61. The molecule has 0 bridgehead atoms. The van der Waals surface area contributed by atoms with Gasteiger partial charge in [-0.3, -0.25) is 4.79 Å². The van der Waals surface area contributed by atoms with E-state index >= 15 is 0 Å². The first kappa shape index (κ1) is 22.5. The number of amides is 1. The third-order valence-corrected chi connectivity index (χ3v) is 6.06. The minimum Gasteiger partial charge on any atom is -0.366 e. The molecule has 33 heavy (non-hydrogen) atoms. The van der Waals surface area contributed by atoms with E-state index in [-0.39, 0.29) is 5.91 Å². The van der Waals surface area contributed by atoms with Crippen LogP contribution in [0.1, 0.15) is 35.3 Å². The van der Waals surface area contributed by atoms with Crippen LogP contribution in [0.5, 0.6) is 0 Å². The molecule has 168 valence electrons. The molecule has 0 aliphatic rings. The molecule has 0 unspecified atom stereocenters.